The van der Waals surface area contributed by atoms with Crippen LogP contribution in [0.5, 0.6) is 11.5 Å². The first kappa shape index (κ1) is 15.0. The average molecular weight is 288 g/mol. The molecule has 0 atom stereocenters. The zero-order valence-electron chi connectivity index (χ0n) is 12.2. The van der Waals surface area contributed by atoms with Crippen LogP contribution in [0.2, 0.25) is 0 Å². The number of benzene rings is 2. The van der Waals surface area contributed by atoms with E-state index in [0.717, 1.165) is 5.56 Å². The van der Waals surface area contributed by atoms with Crippen molar-refractivity contribution in [2.75, 3.05) is 0 Å². The molecule has 0 spiro atoms. The molecule has 110 valence electrons. The Balaban J connectivity index is 2.43. The molecule has 0 saturated heterocycles. The van der Waals surface area contributed by atoms with Crippen molar-refractivity contribution in [3.8, 4) is 11.5 Å². The van der Waals surface area contributed by atoms with Crippen molar-refractivity contribution in [2.24, 2.45) is 0 Å². The predicted octanol–water partition coefficient (Wildman–Crippen LogP) is 4.61. The zero-order chi connectivity index (χ0) is 15.6. The number of hydrogen-bond acceptors (Lipinski definition) is 2. The van der Waals surface area contributed by atoms with Gasteiger partial charge >= 0.3 is 5.97 Å². The fourth-order valence-corrected chi connectivity index (χ4v) is 1.88. The second-order valence-electron chi connectivity index (χ2n) is 5.82. The summed E-state index contributed by atoms with van der Waals surface area (Å²) in [6.45, 7) is 6.10. The fourth-order valence-electron chi connectivity index (χ4n) is 1.88. The highest BCUT2D eigenvalue weighted by Gasteiger charge is 2.19. The minimum absolute atomic E-state index is 0.0762. The molecule has 2 aromatic rings. The van der Waals surface area contributed by atoms with Crippen molar-refractivity contribution < 1.29 is 19.0 Å². The third-order valence-electron chi connectivity index (χ3n) is 3.12. The lowest BCUT2D eigenvalue weighted by atomic mass is 9.86. The van der Waals surface area contributed by atoms with E-state index in [0.29, 0.717) is 5.75 Å². The molecule has 0 heterocycles. The standard InChI is InChI=1S/C17H17FO3/c1-17(2,3)11-4-9-14(16(19)20)15(10-11)21-13-7-5-12(18)6-8-13/h4-10H,1-3H3,(H,19,20). The van der Waals surface area contributed by atoms with E-state index in [4.69, 9.17) is 4.74 Å². The number of halogens is 1. The molecule has 3 nitrogen and oxygen atoms in total. The Kier molecular flexibility index (Phi) is 3.98. The molecule has 0 aliphatic heterocycles. The number of aromatic carboxylic acids is 1. The van der Waals surface area contributed by atoms with Gasteiger partial charge in [-0.3, -0.25) is 0 Å². The van der Waals surface area contributed by atoms with E-state index in [1.165, 1.54) is 30.3 Å². The molecule has 0 amide bonds. The molecule has 1 N–H and O–H groups in total. The van der Waals surface area contributed by atoms with Crippen molar-refractivity contribution in [1.29, 1.82) is 0 Å². The van der Waals surface area contributed by atoms with Gasteiger partial charge < -0.3 is 9.84 Å². The lowest BCUT2D eigenvalue weighted by Gasteiger charge is -2.20. The summed E-state index contributed by atoms with van der Waals surface area (Å²) in [6, 6.07) is 10.5. The first-order valence-corrected chi connectivity index (χ1v) is 6.58. The van der Waals surface area contributed by atoms with Crippen LogP contribution < -0.4 is 4.74 Å². The molecular formula is C17H17FO3. The topological polar surface area (TPSA) is 46.5 Å². The van der Waals surface area contributed by atoms with E-state index in [-0.39, 0.29) is 22.5 Å². The summed E-state index contributed by atoms with van der Waals surface area (Å²) in [5.74, 6) is -0.789. The monoisotopic (exact) mass is 288 g/mol. The average Bonchev–Trinajstić information content (AvgIpc) is 2.40. The van der Waals surface area contributed by atoms with Gasteiger partial charge in [0.05, 0.1) is 0 Å². The van der Waals surface area contributed by atoms with Crippen LogP contribution in [-0.4, -0.2) is 11.1 Å². The van der Waals surface area contributed by atoms with Crippen LogP contribution >= 0.6 is 0 Å². The third kappa shape index (κ3) is 3.60. The molecule has 0 aromatic heterocycles. The van der Waals surface area contributed by atoms with Crippen LogP contribution in [0.1, 0.15) is 36.7 Å². The second-order valence-corrected chi connectivity index (χ2v) is 5.82. The van der Waals surface area contributed by atoms with E-state index in [1.807, 2.05) is 20.8 Å². The van der Waals surface area contributed by atoms with Gasteiger partial charge in [0, 0.05) is 0 Å². The van der Waals surface area contributed by atoms with Crippen LogP contribution in [0.3, 0.4) is 0 Å². The molecule has 0 aliphatic rings. The minimum Gasteiger partial charge on any atom is -0.478 e. The summed E-state index contributed by atoms with van der Waals surface area (Å²) in [5, 5.41) is 9.24. The molecule has 0 bridgehead atoms. The molecule has 0 radical (unpaired) electrons. The van der Waals surface area contributed by atoms with Gasteiger partial charge in [0.25, 0.3) is 0 Å². The smallest absolute Gasteiger partial charge is 0.339 e. The first-order chi connectivity index (χ1) is 9.77. The van der Waals surface area contributed by atoms with Crippen molar-refractivity contribution in [3.63, 3.8) is 0 Å². The molecule has 0 fully saturated rings. The molecule has 0 unspecified atom stereocenters. The lowest BCUT2D eigenvalue weighted by Crippen LogP contribution is -2.12. The molecular weight excluding hydrogens is 271 g/mol. The third-order valence-corrected chi connectivity index (χ3v) is 3.12. The molecule has 2 rings (SSSR count). The maximum atomic E-state index is 12.9. The van der Waals surface area contributed by atoms with E-state index in [1.54, 1.807) is 12.1 Å². The molecule has 2 aromatic carbocycles. The Morgan fingerprint density at radius 2 is 1.71 bits per heavy atom. The SMILES string of the molecule is CC(C)(C)c1ccc(C(=O)O)c(Oc2ccc(F)cc2)c1. The van der Waals surface area contributed by atoms with Crippen molar-refractivity contribution in [2.45, 2.75) is 26.2 Å². The van der Waals surface area contributed by atoms with Crippen molar-refractivity contribution in [3.05, 3.63) is 59.4 Å². The van der Waals surface area contributed by atoms with Gasteiger partial charge in [-0.05, 0) is 47.4 Å². The normalized spacial score (nSPS) is 11.2. The minimum atomic E-state index is -1.06. The largest absolute Gasteiger partial charge is 0.478 e. The fraction of sp³-hybridized carbons (Fsp3) is 0.235. The molecule has 0 saturated carbocycles. The number of ether oxygens (including phenoxy) is 1. The summed E-state index contributed by atoms with van der Waals surface area (Å²) >= 11 is 0. The van der Waals surface area contributed by atoms with Crippen LogP contribution in [-0.2, 0) is 5.41 Å². The highest BCUT2D eigenvalue weighted by molar-refractivity contribution is 5.91. The maximum Gasteiger partial charge on any atom is 0.339 e. The molecule has 21 heavy (non-hydrogen) atoms. The van der Waals surface area contributed by atoms with Gasteiger partial charge in [-0.25, -0.2) is 9.18 Å². The number of carboxylic acids is 1. The number of rotatable bonds is 3. The lowest BCUT2D eigenvalue weighted by molar-refractivity contribution is 0.0694. The summed E-state index contributed by atoms with van der Waals surface area (Å²) in [6.07, 6.45) is 0. The highest BCUT2D eigenvalue weighted by Crippen LogP contribution is 2.31. The Hall–Kier alpha value is -2.36. The maximum absolute atomic E-state index is 12.9. The number of hydrogen-bond donors (Lipinski definition) is 1. The van der Waals surface area contributed by atoms with Crippen LogP contribution in [0.15, 0.2) is 42.5 Å². The van der Waals surface area contributed by atoms with E-state index in [9.17, 15) is 14.3 Å². The number of carboxylic acid groups (broad SMARTS) is 1. The van der Waals surface area contributed by atoms with Gasteiger partial charge in [-0.1, -0.05) is 26.8 Å². The van der Waals surface area contributed by atoms with E-state index in [2.05, 4.69) is 0 Å². The summed E-state index contributed by atoms with van der Waals surface area (Å²) in [4.78, 5) is 11.3. The quantitative estimate of drug-likeness (QED) is 0.896. The van der Waals surface area contributed by atoms with Gasteiger partial charge in [-0.15, -0.1) is 0 Å². The predicted molar refractivity (Wildman–Crippen MR) is 78.6 cm³/mol. The first-order valence-electron chi connectivity index (χ1n) is 6.58. The summed E-state index contributed by atoms with van der Waals surface area (Å²) in [7, 11) is 0. The zero-order valence-corrected chi connectivity index (χ0v) is 12.2. The Morgan fingerprint density at radius 3 is 2.24 bits per heavy atom. The van der Waals surface area contributed by atoms with Crippen LogP contribution in [0.25, 0.3) is 0 Å². The van der Waals surface area contributed by atoms with Gasteiger partial charge in [0.2, 0.25) is 0 Å². The summed E-state index contributed by atoms with van der Waals surface area (Å²) in [5.41, 5.74) is 0.912. The van der Waals surface area contributed by atoms with Crippen molar-refractivity contribution >= 4 is 5.97 Å². The van der Waals surface area contributed by atoms with E-state index < -0.39 is 5.97 Å². The van der Waals surface area contributed by atoms with Gasteiger partial charge in [0.1, 0.15) is 22.9 Å². The highest BCUT2D eigenvalue weighted by atomic mass is 19.1. The van der Waals surface area contributed by atoms with E-state index >= 15 is 0 Å². The number of carbonyl (C=O) groups is 1. The molecule has 4 heteroatoms. The van der Waals surface area contributed by atoms with Crippen LogP contribution in [0, 0.1) is 5.82 Å². The van der Waals surface area contributed by atoms with Crippen molar-refractivity contribution in [1.82, 2.24) is 0 Å². The Bertz CT molecular complexity index is 655. The van der Waals surface area contributed by atoms with Gasteiger partial charge in [-0.2, -0.15) is 0 Å². The molecule has 0 aliphatic carbocycles. The second kappa shape index (κ2) is 5.56. The van der Waals surface area contributed by atoms with Gasteiger partial charge in [0.15, 0.2) is 0 Å². The Labute approximate surface area is 123 Å². The van der Waals surface area contributed by atoms with Crippen LogP contribution in [0.4, 0.5) is 4.39 Å². The summed E-state index contributed by atoms with van der Waals surface area (Å²) < 4.78 is 18.5. The Morgan fingerprint density at radius 1 is 1.10 bits per heavy atom.